The molecule has 298 valence electrons. The van der Waals surface area contributed by atoms with Gasteiger partial charge in [0.25, 0.3) is 6.71 Å². The molecule has 3 heteroatoms. The van der Waals surface area contributed by atoms with Crippen molar-refractivity contribution in [2.24, 2.45) is 0 Å². The van der Waals surface area contributed by atoms with Crippen LogP contribution in [0, 0.1) is 0 Å². The first-order chi connectivity index (χ1) is 32.2. The van der Waals surface area contributed by atoms with Crippen molar-refractivity contribution in [1.29, 1.82) is 0 Å². The maximum absolute atomic E-state index is 2.58. The first kappa shape index (κ1) is 35.1. The molecule has 0 N–H and O–H groups in total. The minimum atomic E-state index is -0.0313. The quantitative estimate of drug-likeness (QED) is 0.129. The van der Waals surface area contributed by atoms with E-state index in [0.717, 1.165) is 11.4 Å². The highest BCUT2D eigenvalue weighted by Gasteiger charge is 2.45. The Kier molecular flexibility index (Phi) is 7.06. The Morgan fingerprint density at radius 1 is 0.277 bits per heavy atom. The van der Waals surface area contributed by atoms with E-state index >= 15 is 0 Å². The molecule has 0 saturated carbocycles. The van der Waals surface area contributed by atoms with E-state index in [-0.39, 0.29) is 6.71 Å². The minimum Gasteiger partial charge on any atom is -0.311 e. The van der Waals surface area contributed by atoms with Crippen LogP contribution in [0.1, 0.15) is 0 Å². The van der Waals surface area contributed by atoms with Gasteiger partial charge < -0.3 is 9.80 Å². The summed E-state index contributed by atoms with van der Waals surface area (Å²) >= 11 is 0. The summed E-state index contributed by atoms with van der Waals surface area (Å²) in [6, 6.07) is 84.5. The molecule has 2 aliphatic rings. The van der Waals surface area contributed by atoms with Crippen molar-refractivity contribution in [3.63, 3.8) is 0 Å². The molecule has 2 aliphatic heterocycles. The van der Waals surface area contributed by atoms with E-state index in [9.17, 15) is 0 Å². The van der Waals surface area contributed by atoms with Gasteiger partial charge in [0.2, 0.25) is 0 Å². The number of hydrogen-bond acceptors (Lipinski definition) is 2. The third-order valence-corrected chi connectivity index (χ3v) is 14.7. The summed E-state index contributed by atoms with van der Waals surface area (Å²) < 4.78 is 0. The third kappa shape index (κ3) is 4.84. The second-order valence-corrected chi connectivity index (χ2v) is 18.0. The Balaban J connectivity index is 1.11. The van der Waals surface area contributed by atoms with Crippen LogP contribution >= 0.6 is 0 Å². The van der Waals surface area contributed by atoms with Gasteiger partial charge in [0.15, 0.2) is 0 Å². The lowest BCUT2D eigenvalue weighted by atomic mass is 9.33. The zero-order chi connectivity index (χ0) is 42.3. The summed E-state index contributed by atoms with van der Waals surface area (Å²) in [6.07, 6.45) is 0. The smallest absolute Gasteiger partial charge is 0.252 e. The molecule has 2 nitrogen and oxygen atoms in total. The zero-order valence-electron chi connectivity index (χ0n) is 35.3. The Hall–Kier alpha value is -8.40. The van der Waals surface area contributed by atoms with Crippen LogP contribution < -0.4 is 26.2 Å². The molecule has 0 aromatic heterocycles. The van der Waals surface area contributed by atoms with Gasteiger partial charge in [-0.1, -0.05) is 176 Å². The van der Waals surface area contributed by atoms with Gasteiger partial charge in [-0.2, -0.15) is 0 Å². The maximum Gasteiger partial charge on any atom is 0.252 e. The highest BCUT2D eigenvalue weighted by molar-refractivity contribution is 7.01. The summed E-state index contributed by atoms with van der Waals surface area (Å²) in [5, 5.41) is 17.9. The fourth-order valence-corrected chi connectivity index (χ4v) is 11.9. The highest BCUT2D eigenvalue weighted by atomic mass is 15.2. The van der Waals surface area contributed by atoms with Gasteiger partial charge in [-0.3, -0.25) is 0 Å². The topological polar surface area (TPSA) is 6.48 Å². The average molecular weight is 821 g/mol. The van der Waals surface area contributed by atoms with Gasteiger partial charge in [0.1, 0.15) is 0 Å². The molecule has 0 bridgehead atoms. The van der Waals surface area contributed by atoms with Gasteiger partial charge in [0, 0.05) is 44.9 Å². The molecule has 0 unspecified atom stereocenters. The van der Waals surface area contributed by atoms with E-state index in [1.54, 1.807) is 0 Å². The summed E-state index contributed by atoms with van der Waals surface area (Å²) in [7, 11) is 0. The first-order valence-corrected chi connectivity index (χ1v) is 22.7. The van der Waals surface area contributed by atoms with Crippen molar-refractivity contribution in [3.8, 4) is 11.1 Å². The van der Waals surface area contributed by atoms with Crippen molar-refractivity contribution in [2.75, 3.05) is 9.80 Å². The summed E-state index contributed by atoms with van der Waals surface area (Å²) in [5.41, 5.74) is 13.5. The van der Waals surface area contributed by atoms with Crippen molar-refractivity contribution >= 4 is 133 Å². The SMILES string of the molecule is c1ccc(N2c3cc(-c4cc5ccc6cccc7ccc(c4)c5c67)cc4c3B(c3ccc5c(ccc6ccccc65)c32)c2ccc3c(ccc5ccccc53)c2N4c2ccccc2)cc1. The Morgan fingerprint density at radius 3 is 1.20 bits per heavy atom. The van der Waals surface area contributed by atoms with Crippen LogP contribution in [0.2, 0.25) is 0 Å². The lowest BCUT2D eigenvalue weighted by Gasteiger charge is -2.45. The predicted octanol–water partition coefficient (Wildman–Crippen LogP) is 14.9. The third-order valence-electron chi connectivity index (χ3n) is 14.7. The number of nitrogens with zero attached hydrogens (tertiary/aromatic N) is 2. The number of hydrogen-bond donors (Lipinski definition) is 0. The lowest BCUT2D eigenvalue weighted by Crippen LogP contribution is -2.61. The second kappa shape index (κ2) is 13.1. The summed E-state index contributed by atoms with van der Waals surface area (Å²) in [6.45, 7) is -0.0313. The molecule has 0 spiro atoms. The van der Waals surface area contributed by atoms with E-state index in [2.05, 4.69) is 234 Å². The molecule has 0 saturated heterocycles. The van der Waals surface area contributed by atoms with Gasteiger partial charge in [-0.15, -0.1) is 0 Å². The molecule has 13 aromatic rings. The van der Waals surface area contributed by atoms with E-state index in [0.29, 0.717) is 0 Å². The monoisotopic (exact) mass is 820 g/mol. The molecule has 0 fully saturated rings. The molecular weight excluding hydrogens is 784 g/mol. The predicted molar refractivity (Wildman–Crippen MR) is 280 cm³/mol. The fourth-order valence-electron chi connectivity index (χ4n) is 11.9. The van der Waals surface area contributed by atoms with E-state index in [1.807, 2.05) is 0 Å². The van der Waals surface area contributed by atoms with E-state index < -0.39 is 0 Å². The largest absolute Gasteiger partial charge is 0.311 e. The van der Waals surface area contributed by atoms with Crippen LogP contribution in [0.4, 0.5) is 34.1 Å². The van der Waals surface area contributed by atoms with Gasteiger partial charge in [-0.05, 0) is 141 Å². The van der Waals surface area contributed by atoms with Crippen LogP contribution in [0.3, 0.4) is 0 Å². The molecule has 0 atom stereocenters. The molecule has 2 heterocycles. The number of anilines is 6. The van der Waals surface area contributed by atoms with Crippen LogP contribution in [-0.2, 0) is 0 Å². The lowest BCUT2D eigenvalue weighted by molar-refractivity contribution is 1.27. The molecule has 0 aliphatic carbocycles. The molecule has 15 rings (SSSR count). The molecule has 0 amide bonds. The normalized spacial score (nSPS) is 13.1. The number of rotatable bonds is 3. The number of fused-ring (bicyclic) bond motifs is 12. The van der Waals surface area contributed by atoms with Crippen molar-refractivity contribution in [3.05, 3.63) is 224 Å². The van der Waals surface area contributed by atoms with E-state index in [1.165, 1.54) is 126 Å². The molecular formula is C62H37BN2. The number of para-hydroxylation sites is 2. The average Bonchev–Trinajstić information content (AvgIpc) is 3.37. The van der Waals surface area contributed by atoms with Crippen LogP contribution in [0.5, 0.6) is 0 Å². The van der Waals surface area contributed by atoms with E-state index in [4.69, 9.17) is 0 Å². The van der Waals surface area contributed by atoms with Crippen molar-refractivity contribution < 1.29 is 0 Å². The van der Waals surface area contributed by atoms with Crippen LogP contribution in [0.15, 0.2) is 224 Å². The first-order valence-electron chi connectivity index (χ1n) is 22.7. The molecule has 65 heavy (non-hydrogen) atoms. The molecule has 13 aromatic carbocycles. The van der Waals surface area contributed by atoms with Crippen LogP contribution in [0.25, 0.3) is 86.5 Å². The van der Waals surface area contributed by atoms with Gasteiger partial charge >= 0.3 is 0 Å². The van der Waals surface area contributed by atoms with Crippen LogP contribution in [-0.4, -0.2) is 6.71 Å². The summed E-state index contributed by atoms with van der Waals surface area (Å²) in [5.74, 6) is 0. The fraction of sp³-hybridized carbons (Fsp3) is 0. The zero-order valence-corrected chi connectivity index (χ0v) is 35.3. The standard InChI is InChI=1S/C62H37BN2/c1-3-16-46(17-4-1)64-56-36-45(44-34-42-24-22-40-14-11-15-41-23-25-43(35-44)59(42)58(40)41)37-57-60(56)63(54-32-30-50-48-20-9-7-12-38(48)26-28-52(50)61(54)64)55-33-31-51-49-21-10-8-13-39(49)27-29-53(51)62(55)65(57)47-18-5-2-6-19-47/h1-37H. The second-order valence-electron chi connectivity index (χ2n) is 18.0. The Labute approximate surface area is 376 Å². The Bertz CT molecular complexity index is 3890. The van der Waals surface area contributed by atoms with Gasteiger partial charge in [0.05, 0.1) is 0 Å². The summed E-state index contributed by atoms with van der Waals surface area (Å²) in [4.78, 5) is 5.16. The Morgan fingerprint density at radius 2 is 0.677 bits per heavy atom. The number of benzene rings is 13. The molecule has 0 radical (unpaired) electrons. The van der Waals surface area contributed by atoms with Gasteiger partial charge in [-0.25, -0.2) is 0 Å². The highest BCUT2D eigenvalue weighted by Crippen LogP contribution is 2.50. The van der Waals surface area contributed by atoms with Crippen molar-refractivity contribution in [1.82, 2.24) is 0 Å². The minimum absolute atomic E-state index is 0.0313. The maximum atomic E-state index is 2.58. The van der Waals surface area contributed by atoms with Crippen molar-refractivity contribution in [2.45, 2.75) is 0 Å².